The maximum atomic E-state index is 15.4. The number of primary amides is 1. The number of nitrogens with two attached hydrogens (primary N) is 1. The van der Waals surface area contributed by atoms with E-state index in [0.717, 1.165) is 0 Å². The number of hydrogen-bond donors (Lipinski definition) is 4. The molecule has 4 unspecified atom stereocenters. The van der Waals surface area contributed by atoms with Gasteiger partial charge in [0.25, 0.3) is 0 Å². The van der Waals surface area contributed by atoms with Crippen molar-refractivity contribution in [3.05, 3.63) is 65.2 Å². The molecule has 5 atom stereocenters. The lowest BCUT2D eigenvalue weighted by atomic mass is 9.62. The highest BCUT2D eigenvalue weighted by Gasteiger charge is 2.68. The van der Waals surface area contributed by atoms with Crippen LogP contribution in [0.1, 0.15) is 50.7 Å². The molecule has 2 heterocycles. The van der Waals surface area contributed by atoms with Crippen LogP contribution in [0.4, 0.5) is 14.5 Å². The molecule has 0 saturated carbocycles. The zero-order valence-electron chi connectivity index (χ0n) is 20.7. The number of aliphatic hydroxyl groups excluding tert-OH is 2. The van der Waals surface area contributed by atoms with E-state index in [-0.39, 0.29) is 23.9 Å². The zero-order valence-corrected chi connectivity index (χ0v) is 20.7. The minimum atomic E-state index is -1.53. The molecular weight excluding hydrogens is 468 g/mol. The Kier molecular flexibility index (Phi) is 6.94. The largest absolute Gasteiger partial charge is 0.394 e. The van der Waals surface area contributed by atoms with Crippen molar-refractivity contribution in [1.29, 1.82) is 0 Å². The maximum absolute atomic E-state index is 15.4. The van der Waals surface area contributed by atoms with Crippen molar-refractivity contribution in [3.63, 3.8) is 0 Å². The highest BCUT2D eigenvalue weighted by Crippen LogP contribution is 2.59. The summed E-state index contributed by atoms with van der Waals surface area (Å²) in [7, 11) is 0. The van der Waals surface area contributed by atoms with Crippen LogP contribution in [0.15, 0.2) is 42.5 Å². The Balaban J connectivity index is 2.05. The van der Waals surface area contributed by atoms with Crippen LogP contribution in [0.3, 0.4) is 0 Å². The molecule has 5 N–H and O–H groups in total. The lowest BCUT2D eigenvalue weighted by Crippen LogP contribution is -2.51. The van der Waals surface area contributed by atoms with E-state index in [1.54, 1.807) is 11.0 Å². The van der Waals surface area contributed by atoms with Crippen LogP contribution in [-0.2, 0) is 15.0 Å². The van der Waals surface area contributed by atoms with Crippen molar-refractivity contribution in [3.8, 4) is 0 Å². The minimum Gasteiger partial charge on any atom is -0.394 e. The van der Waals surface area contributed by atoms with Crippen LogP contribution >= 0.6 is 0 Å². The second kappa shape index (κ2) is 9.53. The van der Waals surface area contributed by atoms with Gasteiger partial charge < -0.3 is 21.3 Å². The van der Waals surface area contributed by atoms with E-state index < -0.39 is 59.6 Å². The summed E-state index contributed by atoms with van der Waals surface area (Å²) in [6.45, 7) is 5.58. The third-order valence-corrected chi connectivity index (χ3v) is 7.41. The van der Waals surface area contributed by atoms with E-state index in [4.69, 9.17) is 5.73 Å². The molecule has 2 aliphatic heterocycles. The fourth-order valence-corrected chi connectivity index (χ4v) is 6.07. The first-order valence-corrected chi connectivity index (χ1v) is 12.1. The molecule has 0 radical (unpaired) electrons. The van der Waals surface area contributed by atoms with Gasteiger partial charge >= 0.3 is 0 Å². The molecule has 1 saturated heterocycles. The van der Waals surface area contributed by atoms with Crippen molar-refractivity contribution < 1.29 is 28.6 Å². The molecule has 2 aromatic carbocycles. The first-order chi connectivity index (χ1) is 16.9. The molecule has 7 nitrogen and oxygen atoms in total. The molecule has 0 aromatic heterocycles. The number of nitrogens with one attached hydrogen (secondary N) is 1. The Hall–Kier alpha value is -2.88. The summed E-state index contributed by atoms with van der Waals surface area (Å²) in [5.41, 5.74) is 4.97. The van der Waals surface area contributed by atoms with Gasteiger partial charge in [-0.15, -0.1) is 0 Å². The number of rotatable bonds is 7. The van der Waals surface area contributed by atoms with Crippen LogP contribution in [0.5, 0.6) is 0 Å². The number of hydrogen-bond acceptors (Lipinski definition) is 5. The molecule has 36 heavy (non-hydrogen) atoms. The molecule has 194 valence electrons. The van der Waals surface area contributed by atoms with Crippen molar-refractivity contribution in [2.75, 3.05) is 18.5 Å². The van der Waals surface area contributed by atoms with Gasteiger partial charge in [-0.05, 0) is 53.6 Å². The second-order valence-corrected chi connectivity index (χ2v) is 11.0. The molecule has 4 rings (SSSR count). The van der Waals surface area contributed by atoms with Gasteiger partial charge in [0.1, 0.15) is 17.0 Å². The van der Waals surface area contributed by atoms with E-state index in [0.29, 0.717) is 17.7 Å². The van der Waals surface area contributed by atoms with Crippen LogP contribution in [0.2, 0.25) is 0 Å². The predicted molar refractivity (Wildman–Crippen MR) is 131 cm³/mol. The normalized spacial score (nSPS) is 26.8. The molecule has 9 heteroatoms. The minimum absolute atomic E-state index is 0.0959. The van der Waals surface area contributed by atoms with E-state index in [1.165, 1.54) is 36.4 Å². The average Bonchev–Trinajstić information content (AvgIpc) is 3.24. The van der Waals surface area contributed by atoms with Crippen LogP contribution < -0.4 is 11.1 Å². The number of carbonyl (C=O) groups excluding carboxylic acids is 2. The molecule has 1 spiro atoms. The van der Waals surface area contributed by atoms with Crippen LogP contribution in [0.25, 0.3) is 0 Å². The number of carbonyl (C=O) groups is 2. The molecule has 2 aliphatic rings. The Bertz CT molecular complexity index is 1170. The Labute approximate surface area is 209 Å². The van der Waals surface area contributed by atoms with Gasteiger partial charge in [0.15, 0.2) is 0 Å². The number of fused-ring (bicyclic) bond motifs is 2. The average molecular weight is 502 g/mol. The van der Waals surface area contributed by atoms with E-state index in [2.05, 4.69) is 5.32 Å². The third kappa shape index (κ3) is 4.29. The number of anilines is 1. The topological polar surface area (TPSA) is 116 Å². The standard InChI is InChI=1S/C27H33F2N3O4/c1-26(2,3)13-21-27(18-12-15(28)8-9-20(18)31-25(27)36)22(17-6-4-5-7-19(17)29)23(24(30)35)32(21)11-10-16(34)14-33/h4-9,12,16,21-23,33-34H,10-11,13-14H2,1-3H3,(H2,30,35)(H,31,36)/t16-,21?,22?,23?,27?/m0/s1. The lowest BCUT2D eigenvalue weighted by Gasteiger charge is -2.40. The maximum Gasteiger partial charge on any atom is 0.237 e. The molecule has 2 aromatic rings. The van der Waals surface area contributed by atoms with Crippen molar-refractivity contribution in [1.82, 2.24) is 4.90 Å². The lowest BCUT2D eigenvalue weighted by molar-refractivity contribution is -0.123. The number of halogens is 2. The number of amides is 2. The van der Waals surface area contributed by atoms with Gasteiger partial charge in [-0.3, -0.25) is 14.5 Å². The first kappa shape index (κ1) is 26.2. The van der Waals surface area contributed by atoms with Gasteiger partial charge in [-0.1, -0.05) is 39.0 Å². The second-order valence-electron chi connectivity index (χ2n) is 11.0. The summed E-state index contributed by atoms with van der Waals surface area (Å²) in [5, 5.41) is 22.4. The summed E-state index contributed by atoms with van der Waals surface area (Å²) in [6, 6.07) is 8.12. The van der Waals surface area contributed by atoms with Gasteiger partial charge in [-0.2, -0.15) is 0 Å². The summed E-state index contributed by atoms with van der Waals surface area (Å²) >= 11 is 0. The number of nitrogens with zero attached hydrogens (tertiary/aromatic N) is 1. The molecular formula is C27H33F2N3O4. The summed E-state index contributed by atoms with van der Waals surface area (Å²) in [4.78, 5) is 28.9. The first-order valence-electron chi connectivity index (χ1n) is 12.1. The smallest absolute Gasteiger partial charge is 0.237 e. The molecule has 0 bridgehead atoms. The van der Waals surface area contributed by atoms with Gasteiger partial charge in [0, 0.05) is 24.2 Å². The molecule has 0 aliphatic carbocycles. The summed E-state index contributed by atoms with van der Waals surface area (Å²) < 4.78 is 30.1. The van der Waals surface area contributed by atoms with E-state index >= 15 is 4.39 Å². The van der Waals surface area contributed by atoms with Gasteiger partial charge in [-0.25, -0.2) is 8.78 Å². The van der Waals surface area contributed by atoms with E-state index in [1.807, 2.05) is 20.8 Å². The fourth-order valence-electron chi connectivity index (χ4n) is 6.07. The number of benzene rings is 2. The van der Waals surface area contributed by atoms with Crippen LogP contribution in [0, 0.1) is 17.0 Å². The molecule has 1 fully saturated rings. The monoisotopic (exact) mass is 501 g/mol. The zero-order chi connectivity index (χ0) is 26.4. The Morgan fingerprint density at radius 1 is 1.22 bits per heavy atom. The quantitative estimate of drug-likeness (QED) is 0.466. The number of aliphatic hydroxyl groups is 2. The summed E-state index contributed by atoms with van der Waals surface area (Å²) in [6.07, 6.45) is -0.571. The van der Waals surface area contributed by atoms with Crippen LogP contribution in [-0.4, -0.2) is 58.3 Å². The fraction of sp³-hybridized carbons (Fsp3) is 0.481. The van der Waals surface area contributed by atoms with E-state index in [9.17, 15) is 24.2 Å². The third-order valence-electron chi connectivity index (χ3n) is 7.41. The Morgan fingerprint density at radius 2 is 1.92 bits per heavy atom. The Morgan fingerprint density at radius 3 is 2.53 bits per heavy atom. The molecule has 2 amide bonds. The highest BCUT2D eigenvalue weighted by molar-refractivity contribution is 6.09. The number of likely N-dealkylation sites (tertiary alicyclic amines) is 1. The van der Waals surface area contributed by atoms with Crippen molar-refractivity contribution >= 4 is 17.5 Å². The highest BCUT2D eigenvalue weighted by atomic mass is 19.1. The predicted octanol–water partition coefficient (Wildman–Crippen LogP) is 2.66. The van der Waals surface area contributed by atoms with Crippen molar-refractivity contribution in [2.45, 2.75) is 63.1 Å². The van der Waals surface area contributed by atoms with Gasteiger partial charge in [0.05, 0.1) is 18.8 Å². The van der Waals surface area contributed by atoms with Crippen molar-refractivity contribution in [2.24, 2.45) is 11.1 Å². The van der Waals surface area contributed by atoms with Gasteiger partial charge in [0.2, 0.25) is 11.8 Å². The summed E-state index contributed by atoms with van der Waals surface area (Å²) in [5.74, 6) is -3.43. The SMILES string of the molecule is CC(C)(C)CC1N(CC[C@H](O)CO)C(C(N)=O)C(c2ccccc2F)C12C(=O)Nc1ccc(F)cc12.